The highest BCUT2D eigenvalue weighted by molar-refractivity contribution is 6.00. The first-order chi connectivity index (χ1) is 14.8. The third-order valence-electron chi connectivity index (χ3n) is 5.69. The van der Waals surface area contributed by atoms with Gasteiger partial charge in [-0.25, -0.2) is 0 Å². The van der Waals surface area contributed by atoms with Crippen molar-refractivity contribution in [3.63, 3.8) is 0 Å². The Kier molecular flexibility index (Phi) is 5.94. The quantitative estimate of drug-likeness (QED) is 0.727. The molecule has 0 spiro atoms. The van der Waals surface area contributed by atoms with Crippen molar-refractivity contribution in [2.24, 2.45) is 0 Å². The molecule has 2 heterocycles. The van der Waals surface area contributed by atoms with Crippen molar-refractivity contribution in [1.29, 1.82) is 0 Å². The number of rotatable bonds is 4. The van der Waals surface area contributed by atoms with Gasteiger partial charge in [0.1, 0.15) is 5.75 Å². The van der Waals surface area contributed by atoms with Crippen molar-refractivity contribution in [3.05, 3.63) is 59.2 Å². The molecule has 164 valence electrons. The summed E-state index contributed by atoms with van der Waals surface area (Å²) in [7, 11) is 0. The van der Waals surface area contributed by atoms with Crippen molar-refractivity contribution in [3.8, 4) is 17.2 Å². The Morgan fingerprint density at radius 1 is 1.10 bits per heavy atom. The zero-order chi connectivity index (χ0) is 22.0. The number of carbonyl (C=O) groups excluding carboxylic acids is 1. The average Bonchev–Trinajstić information content (AvgIpc) is 2.97. The summed E-state index contributed by atoms with van der Waals surface area (Å²) >= 11 is 0. The van der Waals surface area contributed by atoms with E-state index in [1.807, 2.05) is 24.3 Å². The molecule has 2 aliphatic heterocycles. The lowest BCUT2D eigenvalue weighted by Gasteiger charge is -2.23. The highest BCUT2D eigenvalue weighted by atomic mass is 16.5. The molecule has 0 saturated carbocycles. The number of hydrogen-bond donors (Lipinski definition) is 1. The monoisotopic (exact) mass is 421 g/mol. The maximum Gasteiger partial charge on any atom is 0.197 e. The molecule has 0 aromatic heterocycles. The van der Waals surface area contributed by atoms with Crippen molar-refractivity contribution in [2.45, 2.75) is 52.1 Å². The summed E-state index contributed by atoms with van der Waals surface area (Å²) in [6.45, 7) is 10.4. The van der Waals surface area contributed by atoms with Crippen LogP contribution in [-0.4, -0.2) is 31.6 Å². The van der Waals surface area contributed by atoms with E-state index in [1.165, 1.54) is 5.56 Å². The van der Waals surface area contributed by atoms with Gasteiger partial charge >= 0.3 is 0 Å². The van der Waals surface area contributed by atoms with Gasteiger partial charge in [0, 0.05) is 30.3 Å². The van der Waals surface area contributed by atoms with Crippen LogP contribution < -0.4 is 19.5 Å². The lowest BCUT2D eigenvalue weighted by Crippen LogP contribution is -2.27. The van der Waals surface area contributed by atoms with Gasteiger partial charge < -0.3 is 19.5 Å². The van der Waals surface area contributed by atoms with Gasteiger partial charge in [-0.2, -0.15) is 0 Å². The Labute approximate surface area is 184 Å². The van der Waals surface area contributed by atoms with E-state index >= 15 is 0 Å². The second-order valence-corrected chi connectivity index (χ2v) is 9.18. The Balaban J connectivity index is 1.51. The molecule has 2 aromatic carbocycles. The summed E-state index contributed by atoms with van der Waals surface area (Å²) in [5.41, 5.74) is 4.27. The number of fused-ring (bicyclic) bond motifs is 2. The molecular formula is C26H31NO4. The first kappa shape index (κ1) is 21.3. The van der Waals surface area contributed by atoms with Crippen molar-refractivity contribution in [1.82, 2.24) is 5.32 Å². The van der Waals surface area contributed by atoms with Crippen LogP contribution in [0.1, 0.15) is 50.8 Å². The fourth-order valence-corrected chi connectivity index (χ4v) is 3.82. The van der Waals surface area contributed by atoms with Gasteiger partial charge in [0.05, 0.1) is 13.2 Å². The predicted molar refractivity (Wildman–Crippen MR) is 122 cm³/mol. The number of carbonyl (C=O) groups is 1. The standard InChI is InChI=1S/C26H31NO4/c1-17(31-20-8-6-19(7-9-20)26(2,3)4)23(28)16-22-21-15-25-24(29-12-5-13-30-25)14-18(21)10-11-27-22/h6-9,14-17,27H,5,10-13H2,1-4H3/b22-16-. The third kappa shape index (κ3) is 4.87. The van der Waals surface area contributed by atoms with Gasteiger partial charge in [-0.15, -0.1) is 0 Å². The second-order valence-electron chi connectivity index (χ2n) is 9.18. The van der Waals surface area contributed by atoms with Crippen LogP contribution in [0.3, 0.4) is 0 Å². The second kappa shape index (κ2) is 8.66. The minimum absolute atomic E-state index is 0.0807. The molecule has 0 saturated heterocycles. The molecule has 0 bridgehead atoms. The van der Waals surface area contributed by atoms with Crippen LogP contribution in [-0.2, 0) is 16.6 Å². The number of hydrogen-bond acceptors (Lipinski definition) is 5. The van der Waals surface area contributed by atoms with Crippen LogP contribution >= 0.6 is 0 Å². The van der Waals surface area contributed by atoms with Crippen molar-refractivity contribution in [2.75, 3.05) is 19.8 Å². The Morgan fingerprint density at radius 2 is 1.77 bits per heavy atom. The van der Waals surface area contributed by atoms with Crippen molar-refractivity contribution >= 4 is 11.5 Å². The first-order valence-corrected chi connectivity index (χ1v) is 11.0. The summed E-state index contributed by atoms with van der Waals surface area (Å²) in [6.07, 6.45) is 2.81. The van der Waals surface area contributed by atoms with Crippen molar-refractivity contribution < 1.29 is 19.0 Å². The van der Waals surface area contributed by atoms with Crippen LogP contribution in [0.2, 0.25) is 0 Å². The number of ketones is 1. The highest BCUT2D eigenvalue weighted by Crippen LogP contribution is 2.36. The van der Waals surface area contributed by atoms with E-state index in [0.717, 1.165) is 47.7 Å². The minimum Gasteiger partial charge on any atom is -0.490 e. The molecule has 2 aliphatic rings. The number of benzene rings is 2. The zero-order valence-corrected chi connectivity index (χ0v) is 18.8. The smallest absolute Gasteiger partial charge is 0.197 e. The van der Waals surface area contributed by atoms with Gasteiger partial charge in [-0.3, -0.25) is 4.79 Å². The summed E-state index contributed by atoms with van der Waals surface area (Å²) in [6, 6.07) is 12.0. The van der Waals surface area contributed by atoms with E-state index in [4.69, 9.17) is 14.2 Å². The maximum atomic E-state index is 12.9. The van der Waals surface area contributed by atoms with E-state index in [9.17, 15) is 4.79 Å². The summed E-state index contributed by atoms with van der Waals surface area (Å²) < 4.78 is 17.6. The summed E-state index contributed by atoms with van der Waals surface area (Å²) in [5.74, 6) is 2.14. The van der Waals surface area contributed by atoms with Gasteiger partial charge in [0.15, 0.2) is 23.4 Å². The Bertz CT molecular complexity index is 986. The lowest BCUT2D eigenvalue weighted by molar-refractivity contribution is -0.120. The van der Waals surface area contributed by atoms with Crippen LogP contribution in [0.15, 0.2) is 42.5 Å². The molecule has 31 heavy (non-hydrogen) atoms. The fraction of sp³-hybridized carbons (Fsp3) is 0.423. The molecule has 5 nitrogen and oxygen atoms in total. The maximum absolute atomic E-state index is 12.9. The number of nitrogens with one attached hydrogen (secondary N) is 1. The Hall–Kier alpha value is -2.95. The molecule has 1 unspecified atom stereocenters. The number of ether oxygens (including phenoxy) is 3. The SMILES string of the molecule is CC(Oc1ccc(C(C)(C)C)cc1)C(=O)/C=C1\NCCc2cc3c(cc21)OCCCO3. The summed E-state index contributed by atoms with van der Waals surface area (Å²) in [4.78, 5) is 12.9. The zero-order valence-electron chi connectivity index (χ0n) is 18.8. The van der Waals surface area contributed by atoms with Gasteiger partial charge in [-0.1, -0.05) is 32.9 Å². The van der Waals surface area contributed by atoms with E-state index < -0.39 is 6.10 Å². The molecular weight excluding hydrogens is 390 g/mol. The Morgan fingerprint density at radius 3 is 2.45 bits per heavy atom. The van der Waals surface area contributed by atoms with Crippen LogP contribution in [0.4, 0.5) is 0 Å². The van der Waals surface area contributed by atoms with E-state index in [1.54, 1.807) is 13.0 Å². The topological polar surface area (TPSA) is 56.8 Å². The first-order valence-electron chi connectivity index (χ1n) is 11.0. The van der Waals surface area contributed by atoms with Gasteiger partial charge in [0.25, 0.3) is 0 Å². The third-order valence-corrected chi connectivity index (χ3v) is 5.69. The predicted octanol–water partition coefficient (Wildman–Crippen LogP) is 4.67. The van der Waals surface area contributed by atoms with Gasteiger partial charge in [-0.05, 0) is 54.2 Å². The average molecular weight is 422 g/mol. The lowest BCUT2D eigenvalue weighted by atomic mass is 9.87. The molecule has 0 aliphatic carbocycles. The van der Waals surface area contributed by atoms with Crippen LogP contribution in [0.25, 0.3) is 5.70 Å². The molecule has 0 amide bonds. The molecule has 4 rings (SSSR count). The van der Waals surface area contributed by atoms with Gasteiger partial charge in [0.2, 0.25) is 0 Å². The van der Waals surface area contributed by atoms with Crippen LogP contribution in [0.5, 0.6) is 17.2 Å². The molecule has 2 aromatic rings. The normalized spacial score (nSPS) is 17.9. The molecule has 0 radical (unpaired) electrons. The highest BCUT2D eigenvalue weighted by Gasteiger charge is 2.22. The molecule has 5 heteroatoms. The summed E-state index contributed by atoms with van der Waals surface area (Å²) in [5, 5.41) is 3.36. The molecule has 1 atom stereocenters. The van der Waals surface area contributed by atoms with E-state index in [-0.39, 0.29) is 11.2 Å². The molecule has 1 N–H and O–H groups in total. The van der Waals surface area contributed by atoms with E-state index in [0.29, 0.717) is 19.0 Å². The minimum atomic E-state index is -0.583. The van der Waals surface area contributed by atoms with Crippen LogP contribution in [0, 0.1) is 0 Å². The molecule has 0 fully saturated rings. The van der Waals surface area contributed by atoms with E-state index in [2.05, 4.69) is 38.2 Å². The fourth-order valence-electron chi connectivity index (χ4n) is 3.82. The largest absolute Gasteiger partial charge is 0.490 e.